The molecule has 5 rings (SSSR count). The maximum atomic E-state index is 12.2. The van der Waals surface area contributed by atoms with Crippen LogP contribution in [0.25, 0.3) is 0 Å². The number of Topliss-reactive ketones (excluding diaryl/α,β-unsaturated/α-hetero) is 1. The first-order chi connectivity index (χ1) is 17.3. The molecule has 2 N–H and O–H groups in total. The zero-order valence-electron chi connectivity index (χ0n) is 20.1. The Morgan fingerprint density at radius 1 is 1.00 bits per heavy atom. The van der Waals surface area contributed by atoms with Gasteiger partial charge in [-0.1, -0.05) is 0 Å². The van der Waals surface area contributed by atoms with E-state index < -0.39 is 11.8 Å². The molecule has 2 aliphatic heterocycles. The van der Waals surface area contributed by atoms with Gasteiger partial charge in [0, 0.05) is 0 Å². The zero-order valence-corrected chi connectivity index (χ0v) is 23.7. The van der Waals surface area contributed by atoms with Gasteiger partial charge >= 0.3 is 234 Å². The second-order valence-electron chi connectivity index (χ2n) is 9.97. The van der Waals surface area contributed by atoms with E-state index in [-0.39, 0.29) is 39.0 Å². The third kappa shape index (κ3) is 4.63. The first kappa shape index (κ1) is 26.1. The summed E-state index contributed by atoms with van der Waals surface area (Å²) in [6, 6.07) is 21.3. The van der Waals surface area contributed by atoms with E-state index in [2.05, 4.69) is 4.90 Å². The molecule has 2 heterocycles. The molecule has 3 aromatic carbocycles. The number of alkyl halides is 2. The summed E-state index contributed by atoms with van der Waals surface area (Å²) >= 11 is 12.6. The molecule has 7 heteroatoms. The third-order valence-electron chi connectivity index (χ3n) is 7.66. The van der Waals surface area contributed by atoms with Gasteiger partial charge in [0.2, 0.25) is 0 Å². The number of carbonyl (C=O) groups is 1. The number of nitrogens with zero attached hydrogens (tertiary/aromatic N) is 1. The van der Waals surface area contributed by atoms with Gasteiger partial charge in [-0.05, 0) is 0 Å². The molecule has 2 aliphatic rings. The van der Waals surface area contributed by atoms with E-state index in [1.165, 1.54) is 0 Å². The minimum atomic E-state index is -0.899. The molecular weight excluding hydrogens is 608 g/mol. The van der Waals surface area contributed by atoms with E-state index >= 15 is 0 Å². The minimum absolute atomic E-state index is 0.0316. The summed E-state index contributed by atoms with van der Waals surface area (Å²) < 4.78 is 2.24. The molecule has 0 bridgehead atoms. The number of rotatable bonds is 8. The van der Waals surface area contributed by atoms with Crippen molar-refractivity contribution in [3.8, 4) is 0 Å². The molecule has 4 nitrogen and oxygen atoms in total. The van der Waals surface area contributed by atoms with Crippen LogP contribution in [0, 0.1) is 5.41 Å². The van der Waals surface area contributed by atoms with Crippen molar-refractivity contribution >= 4 is 29.0 Å². The van der Waals surface area contributed by atoms with Crippen LogP contribution in [0.15, 0.2) is 66.7 Å². The summed E-state index contributed by atoms with van der Waals surface area (Å²) in [5.41, 5.74) is 3.72. The fourth-order valence-corrected chi connectivity index (χ4v) is 9.05. The molecule has 0 radical (unpaired) electrons. The van der Waals surface area contributed by atoms with Crippen LogP contribution >= 0.6 is 23.2 Å². The number of halogens is 3. The monoisotopic (exact) mass is 636 g/mol. The van der Waals surface area contributed by atoms with Gasteiger partial charge in [0.15, 0.2) is 0 Å². The molecule has 0 saturated carbocycles. The van der Waals surface area contributed by atoms with E-state index in [0.29, 0.717) is 22.2 Å². The van der Waals surface area contributed by atoms with Crippen LogP contribution in [0.2, 0.25) is 10.0 Å². The predicted molar refractivity (Wildman–Crippen MR) is 139 cm³/mol. The van der Waals surface area contributed by atoms with E-state index in [0.717, 1.165) is 44.0 Å². The van der Waals surface area contributed by atoms with Gasteiger partial charge in [-0.25, -0.2) is 0 Å². The van der Waals surface area contributed by atoms with Crippen LogP contribution in [0.4, 0.5) is 0 Å². The predicted octanol–water partition coefficient (Wildman–Crippen LogP) is 2.81. The number of fused-ring (bicyclic) bond motifs is 1. The molecule has 36 heavy (non-hydrogen) atoms. The van der Waals surface area contributed by atoms with E-state index in [1.54, 1.807) is 6.92 Å². The van der Waals surface area contributed by atoms with Gasteiger partial charge in [-0.2, -0.15) is 0 Å². The average Bonchev–Trinajstić information content (AvgIpc) is 3.08. The summed E-state index contributed by atoms with van der Waals surface area (Å²) in [5.74, 6) is -0.0316. The molecule has 2 unspecified atom stereocenters. The van der Waals surface area contributed by atoms with Gasteiger partial charge in [-0.15, -0.1) is 0 Å². The van der Waals surface area contributed by atoms with Gasteiger partial charge in [0.25, 0.3) is 0 Å². The number of aliphatic hydroxyl groups excluding tert-OH is 2. The molecule has 2 atom stereocenters. The molecule has 1 saturated heterocycles. The molecule has 0 aromatic heterocycles. The second-order valence-corrected chi connectivity index (χ2v) is 13.4. The van der Waals surface area contributed by atoms with Crippen molar-refractivity contribution in [2.45, 2.75) is 38.1 Å². The molecule has 190 valence electrons. The van der Waals surface area contributed by atoms with Crippen molar-refractivity contribution in [2.24, 2.45) is 5.41 Å². The molecule has 0 aliphatic carbocycles. The summed E-state index contributed by atoms with van der Waals surface area (Å²) in [5, 5.41) is 23.4. The van der Waals surface area contributed by atoms with E-state index in [1.807, 2.05) is 66.7 Å². The van der Waals surface area contributed by atoms with Crippen molar-refractivity contribution in [3.63, 3.8) is 0 Å². The molecule has 0 amide bonds. The Balaban J connectivity index is 1.68. The fourth-order valence-electron chi connectivity index (χ4n) is 5.49. The van der Waals surface area contributed by atoms with Gasteiger partial charge in [-0.3, -0.25) is 0 Å². The first-order valence-corrected chi connectivity index (χ1v) is 15.8. The van der Waals surface area contributed by atoms with E-state index in [4.69, 9.17) is 23.2 Å². The van der Waals surface area contributed by atoms with E-state index in [9.17, 15) is 15.0 Å². The fraction of sp³-hybridized carbons (Fsp3) is 0.345. The molecule has 0 spiro atoms. The van der Waals surface area contributed by atoms with Crippen LogP contribution in [0.3, 0.4) is 0 Å². The van der Waals surface area contributed by atoms with Crippen molar-refractivity contribution in [1.82, 2.24) is 4.90 Å². The average molecular weight is 637 g/mol. The quantitative estimate of drug-likeness (QED) is 0.227. The molecular formula is C29H29Cl2INO3-. The van der Waals surface area contributed by atoms with Crippen LogP contribution in [-0.4, -0.2) is 36.4 Å². The Morgan fingerprint density at radius 2 is 1.64 bits per heavy atom. The Kier molecular flexibility index (Phi) is 7.52. The van der Waals surface area contributed by atoms with Crippen LogP contribution in [0.5, 0.6) is 0 Å². The summed E-state index contributed by atoms with van der Waals surface area (Å²) in [4.78, 5) is 14.4. The second kappa shape index (κ2) is 10.4. The van der Waals surface area contributed by atoms with Crippen LogP contribution in [0.1, 0.15) is 58.6 Å². The van der Waals surface area contributed by atoms with Crippen molar-refractivity contribution in [1.29, 1.82) is 0 Å². The number of ketones is 1. The first-order valence-electron chi connectivity index (χ1n) is 12.0. The van der Waals surface area contributed by atoms with Crippen molar-refractivity contribution in [3.05, 3.63) is 105 Å². The van der Waals surface area contributed by atoms with Crippen molar-refractivity contribution in [2.75, 3.05) is 15.5 Å². The SMILES string of the molecule is CC(=O)c1ccc2c(c1)C(O)N(Cc1ccc(Cl)cc1)C2(CCC1(CO)C[I-]C1)c1ccc(Cl)cc1. The number of benzene rings is 3. The summed E-state index contributed by atoms with van der Waals surface area (Å²) in [7, 11) is 0. The zero-order chi connectivity index (χ0) is 25.5. The standard InChI is InChI=1S/C29H29Cl2INO3/c1-19(35)21-4-11-26-25(14-21)27(36)33(15-20-2-7-23(30)8-3-20)29(26,22-5-9-24(31)10-6-22)13-12-28(18-34)16-32-17-28/h2-11,14,27,34,36H,12-13,15-18H2,1H3/q-1. The normalized spacial score (nSPS) is 23.0. The van der Waals surface area contributed by atoms with Crippen LogP contribution in [-0.2, 0) is 12.1 Å². The van der Waals surface area contributed by atoms with Gasteiger partial charge in [0.1, 0.15) is 0 Å². The van der Waals surface area contributed by atoms with Crippen LogP contribution < -0.4 is 21.2 Å². The third-order valence-corrected chi connectivity index (χ3v) is 12.5. The molecule has 1 fully saturated rings. The number of hydrogen-bond acceptors (Lipinski definition) is 4. The Morgan fingerprint density at radius 3 is 2.19 bits per heavy atom. The van der Waals surface area contributed by atoms with Crippen molar-refractivity contribution < 1.29 is 36.2 Å². The topological polar surface area (TPSA) is 60.8 Å². The Hall–Kier alpha value is -1.48. The number of hydrogen-bond donors (Lipinski definition) is 2. The maximum absolute atomic E-state index is 12.2. The number of aliphatic hydroxyl groups is 2. The molecule has 3 aromatic rings. The Labute approximate surface area is 232 Å². The van der Waals surface area contributed by atoms with Gasteiger partial charge < -0.3 is 0 Å². The van der Waals surface area contributed by atoms with Gasteiger partial charge in [0.05, 0.1) is 0 Å². The summed E-state index contributed by atoms with van der Waals surface area (Å²) in [6.07, 6.45) is 0.684. The number of carbonyl (C=O) groups excluding carboxylic acids is 1. The Bertz CT molecular complexity index is 1260. The summed E-state index contributed by atoms with van der Waals surface area (Å²) in [6.45, 7) is 2.23.